The summed E-state index contributed by atoms with van der Waals surface area (Å²) in [5.41, 5.74) is 2.22. The van der Waals surface area contributed by atoms with Gasteiger partial charge in [0, 0.05) is 49.1 Å². The van der Waals surface area contributed by atoms with E-state index in [9.17, 15) is 4.79 Å². The lowest BCUT2D eigenvalue weighted by Gasteiger charge is -2.16. The summed E-state index contributed by atoms with van der Waals surface area (Å²) in [5, 5.41) is 3.82. The van der Waals surface area contributed by atoms with Gasteiger partial charge in [0.05, 0.1) is 6.20 Å². The molecule has 4 rings (SSSR count). The lowest BCUT2D eigenvalue weighted by atomic mass is 10.2. The van der Waals surface area contributed by atoms with Gasteiger partial charge in [-0.3, -0.25) is 9.69 Å². The predicted octanol–water partition coefficient (Wildman–Crippen LogP) is 4.32. The summed E-state index contributed by atoms with van der Waals surface area (Å²) in [7, 11) is 0. The molecule has 1 saturated heterocycles. The summed E-state index contributed by atoms with van der Waals surface area (Å²) in [6.45, 7) is 2.82. The molecule has 0 bridgehead atoms. The number of halogens is 1. The molecule has 29 heavy (non-hydrogen) atoms. The Balaban J connectivity index is 1.22. The standard InChI is InChI=1S/C23H24ClN3O2/c24-19-8-6-18(7-9-19)21-14-25-23(29-21)11-10-22(28)26-20-12-13-27(16-20)15-17-4-2-1-3-5-17/h1-9,14,20H,10-13,15-16H2,(H,26,28)/t20-/m1/s1. The maximum atomic E-state index is 12.3. The van der Waals surface area contributed by atoms with Crippen LogP contribution in [0.5, 0.6) is 0 Å². The first-order valence-electron chi connectivity index (χ1n) is 9.92. The molecule has 1 fully saturated rings. The van der Waals surface area contributed by atoms with E-state index in [2.05, 4.69) is 39.5 Å². The molecule has 6 heteroatoms. The van der Waals surface area contributed by atoms with Gasteiger partial charge in [-0.2, -0.15) is 0 Å². The molecular formula is C23H24ClN3O2. The Hall–Kier alpha value is -2.63. The fourth-order valence-electron chi connectivity index (χ4n) is 3.63. The summed E-state index contributed by atoms with van der Waals surface area (Å²) in [4.78, 5) is 19.0. The van der Waals surface area contributed by atoms with Crippen LogP contribution in [0.4, 0.5) is 0 Å². The Kier molecular flexibility index (Phi) is 6.27. The minimum Gasteiger partial charge on any atom is -0.441 e. The van der Waals surface area contributed by atoms with Crippen LogP contribution in [0, 0.1) is 0 Å². The fraction of sp³-hybridized carbons (Fsp3) is 0.304. The Morgan fingerprint density at radius 3 is 2.76 bits per heavy atom. The summed E-state index contributed by atoms with van der Waals surface area (Å²) in [6.07, 6.45) is 3.53. The molecule has 0 radical (unpaired) electrons. The maximum Gasteiger partial charge on any atom is 0.220 e. The van der Waals surface area contributed by atoms with Crippen molar-refractivity contribution in [1.29, 1.82) is 0 Å². The molecule has 5 nitrogen and oxygen atoms in total. The smallest absolute Gasteiger partial charge is 0.220 e. The quantitative estimate of drug-likeness (QED) is 0.631. The van der Waals surface area contributed by atoms with Gasteiger partial charge in [-0.1, -0.05) is 41.9 Å². The number of carbonyl (C=O) groups excluding carboxylic acids is 1. The van der Waals surface area contributed by atoms with Crippen LogP contribution in [0.25, 0.3) is 11.3 Å². The Labute approximate surface area is 175 Å². The van der Waals surface area contributed by atoms with Crippen LogP contribution in [0.2, 0.25) is 5.02 Å². The minimum atomic E-state index is 0.0443. The number of hydrogen-bond acceptors (Lipinski definition) is 4. The van der Waals surface area contributed by atoms with Crippen molar-refractivity contribution in [1.82, 2.24) is 15.2 Å². The van der Waals surface area contributed by atoms with Crippen LogP contribution in [-0.4, -0.2) is 34.9 Å². The fourth-order valence-corrected chi connectivity index (χ4v) is 3.76. The molecular weight excluding hydrogens is 386 g/mol. The van der Waals surface area contributed by atoms with E-state index in [-0.39, 0.29) is 11.9 Å². The van der Waals surface area contributed by atoms with E-state index in [1.54, 1.807) is 6.20 Å². The van der Waals surface area contributed by atoms with E-state index in [1.807, 2.05) is 30.3 Å². The van der Waals surface area contributed by atoms with E-state index in [4.69, 9.17) is 16.0 Å². The highest BCUT2D eigenvalue weighted by atomic mass is 35.5. The highest BCUT2D eigenvalue weighted by Crippen LogP contribution is 2.22. The number of rotatable bonds is 7. The number of aryl methyl sites for hydroxylation is 1. The summed E-state index contributed by atoms with van der Waals surface area (Å²) < 4.78 is 5.77. The van der Waals surface area contributed by atoms with Gasteiger partial charge in [-0.25, -0.2) is 4.98 Å². The van der Waals surface area contributed by atoms with Gasteiger partial charge in [0.25, 0.3) is 0 Å². The second-order valence-electron chi connectivity index (χ2n) is 7.40. The van der Waals surface area contributed by atoms with Crippen molar-refractivity contribution < 1.29 is 9.21 Å². The van der Waals surface area contributed by atoms with E-state index in [1.165, 1.54) is 5.56 Å². The summed E-state index contributed by atoms with van der Waals surface area (Å²) in [6, 6.07) is 18.0. The van der Waals surface area contributed by atoms with E-state index < -0.39 is 0 Å². The molecule has 1 aliphatic heterocycles. The van der Waals surface area contributed by atoms with Crippen molar-refractivity contribution >= 4 is 17.5 Å². The average Bonchev–Trinajstić information content (AvgIpc) is 3.37. The van der Waals surface area contributed by atoms with Crippen LogP contribution >= 0.6 is 11.6 Å². The zero-order valence-electron chi connectivity index (χ0n) is 16.2. The second kappa shape index (κ2) is 9.25. The molecule has 1 amide bonds. The highest BCUT2D eigenvalue weighted by molar-refractivity contribution is 6.30. The van der Waals surface area contributed by atoms with Crippen molar-refractivity contribution in [3.05, 3.63) is 77.3 Å². The van der Waals surface area contributed by atoms with Crippen LogP contribution < -0.4 is 5.32 Å². The minimum absolute atomic E-state index is 0.0443. The average molecular weight is 410 g/mol. The number of likely N-dealkylation sites (tertiary alicyclic amines) is 1. The van der Waals surface area contributed by atoms with E-state index in [0.717, 1.165) is 31.6 Å². The number of hydrogen-bond donors (Lipinski definition) is 1. The number of carbonyl (C=O) groups is 1. The number of amides is 1. The summed E-state index contributed by atoms with van der Waals surface area (Å²) >= 11 is 5.91. The third-order valence-corrected chi connectivity index (χ3v) is 5.39. The number of nitrogens with one attached hydrogen (secondary N) is 1. The molecule has 0 spiro atoms. The van der Waals surface area contributed by atoms with Crippen molar-refractivity contribution in [3.8, 4) is 11.3 Å². The first kappa shape index (κ1) is 19.7. The van der Waals surface area contributed by atoms with E-state index >= 15 is 0 Å². The van der Waals surface area contributed by atoms with Gasteiger partial charge in [0.2, 0.25) is 5.91 Å². The summed E-state index contributed by atoms with van der Waals surface area (Å²) in [5.74, 6) is 1.30. The normalized spacial score (nSPS) is 16.8. The zero-order chi connectivity index (χ0) is 20.1. The Morgan fingerprint density at radius 2 is 1.97 bits per heavy atom. The van der Waals surface area contributed by atoms with Gasteiger partial charge < -0.3 is 9.73 Å². The van der Waals surface area contributed by atoms with Gasteiger partial charge in [-0.05, 0) is 36.2 Å². The SMILES string of the molecule is O=C(CCc1ncc(-c2ccc(Cl)cc2)o1)N[C@@H]1CCN(Cc2ccccc2)C1. The Morgan fingerprint density at radius 1 is 1.17 bits per heavy atom. The van der Waals surface area contributed by atoms with Crippen LogP contribution in [-0.2, 0) is 17.8 Å². The van der Waals surface area contributed by atoms with Crippen LogP contribution in [0.1, 0.15) is 24.3 Å². The monoisotopic (exact) mass is 409 g/mol. The molecule has 0 saturated carbocycles. The molecule has 1 N–H and O–H groups in total. The third-order valence-electron chi connectivity index (χ3n) is 5.13. The lowest BCUT2D eigenvalue weighted by Crippen LogP contribution is -2.37. The second-order valence-corrected chi connectivity index (χ2v) is 7.84. The number of oxazole rings is 1. The molecule has 0 unspecified atom stereocenters. The van der Waals surface area contributed by atoms with Gasteiger partial charge in [-0.15, -0.1) is 0 Å². The topological polar surface area (TPSA) is 58.4 Å². The van der Waals surface area contributed by atoms with Crippen molar-refractivity contribution in [3.63, 3.8) is 0 Å². The first-order chi connectivity index (χ1) is 14.2. The van der Waals surface area contributed by atoms with Crippen LogP contribution in [0.3, 0.4) is 0 Å². The van der Waals surface area contributed by atoms with Crippen molar-refractivity contribution in [2.24, 2.45) is 0 Å². The van der Waals surface area contributed by atoms with E-state index in [0.29, 0.717) is 29.5 Å². The molecule has 1 atom stereocenters. The molecule has 2 heterocycles. The first-order valence-corrected chi connectivity index (χ1v) is 10.3. The molecule has 1 aliphatic rings. The van der Waals surface area contributed by atoms with Gasteiger partial charge in [0.1, 0.15) is 0 Å². The zero-order valence-corrected chi connectivity index (χ0v) is 16.9. The highest BCUT2D eigenvalue weighted by Gasteiger charge is 2.23. The molecule has 150 valence electrons. The predicted molar refractivity (Wildman–Crippen MR) is 114 cm³/mol. The van der Waals surface area contributed by atoms with Gasteiger partial charge >= 0.3 is 0 Å². The third kappa shape index (κ3) is 5.46. The molecule has 3 aromatic rings. The van der Waals surface area contributed by atoms with Gasteiger partial charge in [0.15, 0.2) is 11.7 Å². The molecule has 1 aromatic heterocycles. The Bertz CT molecular complexity index is 940. The molecule has 0 aliphatic carbocycles. The molecule has 2 aromatic carbocycles. The largest absolute Gasteiger partial charge is 0.441 e. The number of benzene rings is 2. The van der Waals surface area contributed by atoms with Crippen molar-refractivity contribution in [2.75, 3.05) is 13.1 Å². The number of nitrogens with zero attached hydrogens (tertiary/aromatic N) is 2. The maximum absolute atomic E-state index is 12.3. The van der Waals surface area contributed by atoms with Crippen molar-refractivity contribution in [2.45, 2.75) is 31.8 Å². The van der Waals surface area contributed by atoms with Crippen LogP contribution in [0.15, 0.2) is 65.2 Å². The number of aromatic nitrogens is 1. The lowest BCUT2D eigenvalue weighted by molar-refractivity contribution is -0.121.